The standard InChI is InChI=1S/C12H24N2O/c1-4-11-7-13-9(2)8-14(11)12-5-6-15-10(12)3/h9-13H,4-8H2,1-3H3. The van der Waals surface area contributed by atoms with Crippen LogP contribution in [0.15, 0.2) is 0 Å². The van der Waals surface area contributed by atoms with Gasteiger partial charge in [0.25, 0.3) is 0 Å². The zero-order valence-electron chi connectivity index (χ0n) is 10.2. The van der Waals surface area contributed by atoms with Gasteiger partial charge in [-0.15, -0.1) is 0 Å². The average molecular weight is 212 g/mol. The molecule has 4 unspecified atom stereocenters. The van der Waals surface area contributed by atoms with Gasteiger partial charge in [0, 0.05) is 37.8 Å². The summed E-state index contributed by atoms with van der Waals surface area (Å²) in [4.78, 5) is 2.68. The third-order valence-corrected chi connectivity index (χ3v) is 3.89. The van der Waals surface area contributed by atoms with Crippen molar-refractivity contribution in [3.63, 3.8) is 0 Å². The van der Waals surface area contributed by atoms with Crippen LogP contribution in [0.25, 0.3) is 0 Å². The predicted molar refractivity (Wildman–Crippen MR) is 62.1 cm³/mol. The van der Waals surface area contributed by atoms with Crippen molar-refractivity contribution < 1.29 is 4.74 Å². The normalized spacial score (nSPS) is 43.4. The second-order valence-corrected chi connectivity index (χ2v) is 5.00. The molecule has 15 heavy (non-hydrogen) atoms. The smallest absolute Gasteiger partial charge is 0.0703 e. The van der Waals surface area contributed by atoms with Crippen LogP contribution < -0.4 is 5.32 Å². The Morgan fingerprint density at radius 1 is 1.40 bits per heavy atom. The van der Waals surface area contributed by atoms with Gasteiger partial charge in [0.15, 0.2) is 0 Å². The summed E-state index contributed by atoms with van der Waals surface area (Å²) < 4.78 is 5.68. The molecule has 3 heteroatoms. The first kappa shape index (κ1) is 11.4. The Morgan fingerprint density at radius 2 is 2.20 bits per heavy atom. The van der Waals surface area contributed by atoms with E-state index in [2.05, 4.69) is 31.0 Å². The van der Waals surface area contributed by atoms with Crippen molar-refractivity contribution in [2.24, 2.45) is 0 Å². The van der Waals surface area contributed by atoms with Crippen LogP contribution >= 0.6 is 0 Å². The lowest BCUT2D eigenvalue weighted by Crippen LogP contribution is -2.59. The molecule has 2 heterocycles. The van der Waals surface area contributed by atoms with E-state index in [0.29, 0.717) is 24.2 Å². The molecule has 0 bridgehead atoms. The fourth-order valence-electron chi connectivity index (χ4n) is 2.93. The number of hydrogen-bond donors (Lipinski definition) is 1. The third-order valence-electron chi connectivity index (χ3n) is 3.89. The number of ether oxygens (including phenoxy) is 1. The van der Waals surface area contributed by atoms with E-state index in [0.717, 1.165) is 13.2 Å². The van der Waals surface area contributed by atoms with Gasteiger partial charge in [-0.05, 0) is 26.7 Å². The highest BCUT2D eigenvalue weighted by atomic mass is 16.5. The van der Waals surface area contributed by atoms with Crippen LogP contribution in [0.2, 0.25) is 0 Å². The number of piperazine rings is 1. The van der Waals surface area contributed by atoms with Gasteiger partial charge in [-0.25, -0.2) is 0 Å². The molecule has 3 nitrogen and oxygen atoms in total. The maximum absolute atomic E-state index is 5.68. The summed E-state index contributed by atoms with van der Waals surface area (Å²) in [6.45, 7) is 10.0. The van der Waals surface area contributed by atoms with E-state index in [9.17, 15) is 0 Å². The molecular weight excluding hydrogens is 188 g/mol. The molecule has 0 aromatic carbocycles. The van der Waals surface area contributed by atoms with E-state index in [4.69, 9.17) is 4.74 Å². The van der Waals surface area contributed by atoms with Gasteiger partial charge in [-0.1, -0.05) is 6.92 Å². The number of rotatable bonds is 2. The minimum atomic E-state index is 0.421. The van der Waals surface area contributed by atoms with E-state index < -0.39 is 0 Å². The van der Waals surface area contributed by atoms with Gasteiger partial charge in [0.05, 0.1) is 6.10 Å². The van der Waals surface area contributed by atoms with Gasteiger partial charge in [-0.2, -0.15) is 0 Å². The van der Waals surface area contributed by atoms with Crippen molar-refractivity contribution in [3.05, 3.63) is 0 Å². The Labute approximate surface area is 93.2 Å². The highest BCUT2D eigenvalue weighted by molar-refractivity contribution is 4.91. The maximum atomic E-state index is 5.68. The fourth-order valence-corrected chi connectivity index (χ4v) is 2.93. The van der Waals surface area contributed by atoms with E-state index in [1.807, 2.05) is 0 Å². The van der Waals surface area contributed by atoms with Crippen molar-refractivity contribution in [2.45, 2.75) is 57.8 Å². The maximum Gasteiger partial charge on any atom is 0.0703 e. The van der Waals surface area contributed by atoms with Crippen LogP contribution in [0.1, 0.15) is 33.6 Å². The molecule has 1 N–H and O–H groups in total. The van der Waals surface area contributed by atoms with Crippen LogP contribution in [0.5, 0.6) is 0 Å². The van der Waals surface area contributed by atoms with Crippen LogP contribution in [-0.2, 0) is 4.74 Å². The topological polar surface area (TPSA) is 24.5 Å². The summed E-state index contributed by atoms with van der Waals surface area (Å²) in [5.74, 6) is 0. The molecule has 2 rings (SSSR count). The average Bonchev–Trinajstić information content (AvgIpc) is 2.64. The van der Waals surface area contributed by atoms with Crippen LogP contribution in [0, 0.1) is 0 Å². The van der Waals surface area contributed by atoms with Crippen molar-refractivity contribution >= 4 is 0 Å². The lowest BCUT2D eigenvalue weighted by Gasteiger charge is -2.43. The quantitative estimate of drug-likeness (QED) is 0.745. The van der Waals surface area contributed by atoms with Gasteiger partial charge >= 0.3 is 0 Å². The second-order valence-electron chi connectivity index (χ2n) is 5.00. The van der Waals surface area contributed by atoms with Gasteiger partial charge in [0.1, 0.15) is 0 Å². The van der Waals surface area contributed by atoms with Crippen molar-refractivity contribution in [2.75, 3.05) is 19.7 Å². The van der Waals surface area contributed by atoms with E-state index in [-0.39, 0.29) is 0 Å². The molecule has 4 atom stereocenters. The molecule has 88 valence electrons. The second kappa shape index (κ2) is 4.81. The Kier molecular flexibility index (Phi) is 3.65. The molecule has 0 aromatic rings. The molecule has 0 aromatic heterocycles. The molecule has 2 aliphatic rings. The first-order valence-electron chi connectivity index (χ1n) is 6.33. The zero-order chi connectivity index (χ0) is 10.8. The van der Waals surface area contributed by atoms with Gasteiger partial charge in [0.2, 0.25) is 0 Å². The van der Waals surface area contributed by atoms with E-state index in [1.54, 1.807) is 0 Å². The van der Waals surface area contributed by atoms with E-state index >= 15 is 0 Å². The summed E-state index contributed by atoms with van der Waals surface area (Å²) in [6, 6.07) is 1.98. The van der Waals surface area contributed by atoms with Gasteiger partial charge < -0.3 is 10.1 Å². The number of nitrogens with zero attached hydrogens (tertiary/aromatic N) is 1. The summed E-state index contributed by atoms with van der Waals surface area (Å²) in [5, 5.41) is 3.57. The Hall–Kier alpha value is -0.120. The lowest BCUT2D eigenvalue weighted by atomic mass is 10.0. The van der Waals surface area contributed by atoms with Crippen molar-refractivity contribution in [1.82, 2.24) is 10.2 Å². The van der Waals surface area contributed by atoms with Crippen molar-refractivity contribution in [3.8, 4) is 0 Å². The molecule has 2 saturated heterocycles. The predicted octanol–water partition coefficient (Wildman–Crippen LogP) is 1.24. The largest absolute Gasteiger partial charge is 0.377 e. The molecular formula is C12H24N2O. The lowest BCUT2D eigenvalue weighted by molar-refractivity contribution is 0.0321. The summed E-state index contributed by atoms with van der Waals surface area (Å²) in [6.07, 6.45) is 2.87. The molecule has 2 fully saturated rings. The Morgan fingerprint density at radius 3 is 2.80 bits per heavy atom. The highest BCUT2D eigenvalue weighted by Gasteiger charge is 2.36. The summed E-state index contributed by atoms with van der Waals surface area (Å²) in [7, 11) is 0. The number of nitrogens with one attached hydrogen (secondary N) is 1. The summed E-state index contributed by atoms with van der Waals surface area (Å²) in [5.41, 5.74) is 0. The zero-order valence-corrected chi connectivity index (χ0v) is 10.2. The first-order chi connectivity index (χ1) is 7.22. The Balaban J connectivity index is 2.02. The molecule has 0 saturated carbocycles. The molecule has 2 aliphatic heterocycles. The number of hydrogen-bond acceptors (Lipinski definition) is 3. The minimum Gasteiger partial charge on any atom is -0.377 e. The first-order valence-corrected chi connectivity index (χ1v) is 6.33. The van der Waals surface area contributed by atoms with Crippen molar-refractivity contribution in [1.29, 1.82) is 0 Å². The molecule has 0 amide bonds. The fraction of sp³-hybridized carbons (Fsp3) is 1.00. The Bertz CT molecular complexity index is 210. The van der Waals surface area contributed by atoms with Gasteiger partial charge in [-0.3, -0.25) is 4.90 Å². The third kappa shape index (κ3) is 2.35. The van der Waals surface area contributed by atoms with Crippen LogP contribution in [0.3, 0.4) is 0 Å². The molecule has 0 radical (unpaired) electrons. The summed E-state index contributed by atoms with van der Waals surface area (Å²) >= 11 is 0. The minimum absolute atomic E-state index is 0.421. The van der Waals surface area contributed by atoms with Crippen LogP contribution in [-0.4, -0.2) is 48.8 Å². The highest BCUT2D eigenvalue weighted by Crippen LogP contribution is 2.24. The SMILES string of the molecule is CCC1CNC(C)CN1C1CCOC1C. The molecule has 0 aliphatic carbocycles. The molecule has 0 spiro atoms. The van der Waals surface area contributed by atoms with E-state index in [1.165, 1.54) is 19.4 Å². The monoisotopic (exact) mass is 212 g/mol. The van der Waals surface area contributed by atoms with Crippen LogP contribution in [0.4, 0.5) is 0 Å².